The molecule has 2 aromatic rings. The minimum absolute atomic E-state index is 0.0883. The normalized spacial score (nSPS) is 20.9. The summed E-state index contributed by atoms with van der Waals surface area (Å²) in [6.45, 7) is 0.553. The molecule has 4 nitrogen and oxygen atoms in total. The Morgan fingerprint density at radius 2 is 1.79 bits per heavy atom. The number of hydrogen-bond acceptors (Lipinski definition) is 3. The first-order chi connectivity index (χ1) is 11.6. The molecule has 1 fully saturated rings. The van der Waals surface area contributed by atoms with Crippen LogP contribution in [-0.4, -0.2) is 46.8 Å². The van der Waals surface area contributed by atoms with Crippen molar-refractivity contribution in [2.45, 2.75) is 12.5 Å². The van der Waals surface area contributed by atoms with Crippen LogP contribution >= 0.6 is 0 Å². The number of benzene rings is 2. The fourth-order valence-corrected chi connectivity index (χ4v) is 3.13. The van der Waals surface area contributed by atoms with Gasteiger partial charge in [-0.2, -0.15) is 0 Å². The molecular weight excluding hydrogens is 309 g/mol. The maximum atomic E-state index is 14.1. The number of aliphatic hydroxyl groups excluding tert-OH is 2. The van der Waals surface area contributed by atoms with Gasteiger partial charge in [-0.3, -0.25) is 4.79 Å². The van der Waals surface area contributed by atoms with Crippen LogP contribution in [0.4, 0.5) is 4.39 Å². The summed E-state index contributed by atoms with van der Waals surface area (Å²) in [5, 5.41) is 19.3. The van der Waals surface area contributed by atoms with Crippen molar-refractivity contribution in [2.75, 3.05) is 19.7 Å². The number of carbonyl (C=O) groups excluding carboxylic acids is 1. The van der Waals surface area contributed by atoms with Gasteiger partial charge in [-0.15, -0.1) is 0 Å². The van der Waals surface area contributed by atoms with Gasteiger partial charge in [0.25, 0.3) is 5.91 Å². The van der Waals surface area contributed by atoms with Crippen LogP contribution in [0, 0.1) is 11.7 Å². The fraction of sp³-hybridized carbons (Fsp3) is 0.316. The molecule has 1 saturated heterocycles. The van der Waals surface area contributed by atoms with Crippen molar-refractivity contribution in [3.63, 3.8) is 0 Å². The van der Waals surface area contributed by atoms with Crippen molar-refractivity contribution in [3.05, 3.63) is 59.9 Å². The zero-order chi connectivity index (χ0) is 17.1. The fourth-order valence-electron chi connectivity index (χ4n) is 3.13. The maximum absolute atomic E-state index is 14.1. The quantitative estimate of drug-likeness (QED) is 0.908. The van der Waals surface area contributed by atoms with Crippen LogP contribution in [0.3, 0.4) is 0 Å². The molecule has 0 aliphatic carbocycles. The van der Waals surface area contributed by atoms with Crippen LogP contribution in [0.15, 0.2) is 48.5 Å². The third-order valence-corrected chi connectivity index (χ3v) is 4.56. The Morgan fingerprint density at radius 1 is 1.12 bits per heavy atom. The first-order valence-electron chi connectivity index (χ1n) is 8.04. The van der Waals surface area contributed by atoms with E-state index in [-0.39, 0.29) is 30.8 Å². The highest BCUT2D eigenvalue weighted by Crippen LogP contribution is 2.28. The van der Waals surface area contributed by atoms with Crippen molar-refractivity contribution >= 4 is 5.91 Å². The van der Waals surface area contributed by atoms with E-state index in [2.05, 4.69) is 0 Å². The highest BCUT2D eigenvalue weighted by Gasteiger charge is 2.31. The van der Waals surface area contributed by atoms with Gasteiger partial charge in [0, 0.05) is 36.7 Å². The Labute approximate surface area is 140 Å². The minimum Gasteiger partial charge on any atom is -0.396 e. The predicted octanol–water partition coefficient (Wildman–Crippen LogP) is 2.31. The Balaban J connectivity index is 1.91. The van der Waals surface area contributed by atoms with Gasteiger partial charge < -0.3 is 15.1 Å². The molecule has 0 aromatic heterocycles. The summed E-state index contributed by atoms with van der Waals surface area (Å²) >= 11 is 0. The van der Waals surface area contributed by atoms with Gasteiger partial charge >= 0.3 is 0 Å². The van der Waals surface area contributed by atoms with Gasteiger partial charge in [0.1, 0.15) is 5.82 Å². The predicted molar refractivity (Wildman–Crippen MR) is 88.9 cm³/mol. The van der Waals surface area contributed by atoms with E-state index in [1.807, 2.05) is 0 Å². The van der Waals surface area contributed by atoms with Gasteiger partial charge in [-0.1, -0.05) is 36.4 Å². The molecule has 0 bridgehead atoms. The zero-order valence-electron chi connectivity index (χ0n) is 13.2. The molecule has 0 saturated carbocycles. The van der Waals surface area contributed by atoms with E-state index in [4.69, 9.17) is 0 Å². The lowest BCUT2D eigenvalue weighted by Crippen LogP contribution is -2.47. The van der Waals surface area contributed by atoms with Gasteiger partial charge in [0.15, 0.2) is 0 Å². The van der Waals surface area contributed by atoms with Crippen LogP contribution in [0.5, 0.6) is 0 Å². The lowest BCUT2D eigenvalue weighted by molar-refractivity contribution is 0.000904. The van der Waals surface area contributed by atoms with Gasteiger partial charge in [-0.05, 0) is 24.1 Å². The number of amides is 1. The molecule has 2 aromatic carbocycles. The van der Waals surface area contributed by atoms with Crippen molar-refractivity contribution in [1.29, 1.82) is 0 Å². The Kier molecular flexibility index (Phi) is 4.92. The van der Waals surface area contributed by atoms with Crippen LogP contribution in [-0.2, 0) is 0 Å². The summed E-state index contributed by atoms with van der Waals surface area (Å²) in [4.78, 5) is 14.4. The zero-order valence-corrected chi connectivity index (χ0v) is 13.2. The van der Waals surface area contributed by atoms with E-state index in [0.717, 1.165) is 0 Å². The third-order valence-electron chi connectivity index (χ3n) is 4.56. The Hall–Kier alpha value is -2.24. The summed E-state index contributed by atoms with van der Waals surface area (Å²) in [5.41, 5.74) is 1.34. The molecule has 0 radical (unpaired) electrons. The van der Waals surface area contributed by atoms with Gasteiger partial charge in [0.05, 0.1) is 6.10 Å². The molecule has 2 N–H and O–H groups in total. The molecule has 5 heteroatoms. The lowest BCUT2D eigenvalue weighted by Gasteiger charge is -2.35. The molecule has 1 amide bonds. The van der Waals surface area contributed by atoms with Crippen molar-refractivity contribution < 1.29 is 19.4 Å². The number of β-amino-alcohol motifs (C(OH)–C–C–N with tert-alkyl or cyclic N) is 1. The van der Waals surface area contributed by atoms with E-state index in [9.17, 15) is 19.4 Å². The smallest absolute Gasteiger partial charge is 0.254 e. The monoisotopic (exact) mass is 329 g/mol. The molecule has 1 heterocycles. The van der Waals surface area contributed by atoms with Crippen molar-refractivity contribution in [1.82, 2.24) is 4.90 Å². The van der Waals surface area contributed by atoms with Crippen LogP contribution in [0.2, 0.25) is 0 Å². The average Bonchev–Trinajstić information content (AvgIpc) is 2.61. The largest absolute Gasteiger partial charge is 0.396 e. The van der Waals surface area contributed by atoms with Crippen molar-refractivity contribution in [3.8, 4) is 11.1 Å². The third kappa shape index (κ3) is 3.18. The summed E-state index contributed by atoms with van der Waals surface area (Å²) < 4.78 is 14.1. The summed E-state index contributed by atoms with van der Waals surface area (Å²) in [7, 11) is 0. The first kappa shape index (κ1) is 16.6. The summed E-state index contributed by atoms with van der Waals surface area (Å²) in [5.74, 6) is -0.808. The molecule has 3 rings (SSSR count). The molecule has 1 aliphatic heterocycles. The second-order valence-corrected chi connectivity index (χ2v) is 6.08. The minimum atomic E-state index is -0.742. The van der Waals surface area contributed by atoms with E-state index >= 15 is 0 Å². The van der Waals surface area contributed by atoms with Crippen LogP contribution in [0.25, 0.3) is 11.1 Å². The van der Waals surface area contributed by atoms with Gasteiger partial charge in [-0.25, -0.2) is 4.39 Å². The molecular formula is C19H20FNO3. The second-order valence-electron chi connectivity index (χ2n) is 6.08. The average molecular weight is 329 g/mol. The standard InChI is InChI=1S/C19H20FNO3/c20-17-8-4-3-6-15(17)14-5-1-2-7-16(14)19(24)21-10-9-13(12-22)18(23)11-21/h1-8,13,18,22-23H,9-12H2/t13-,18-/m1/s1. The number of likely N-dealkylation sites (tertiary alicyclic amines) is 1. The Bertz CT molecular complexity index is 734. The van der Waals surface area contributed by atoms with Crippen LogP contribution in [0.1, 0.15) is 16.8 Å². The van der Waals surface area contributed by atoms with E-state index < -0.39 is 6.10 Å². The topological polar surface area (TPSA) is 60.8 Å². The summed E-state index contributed by atoms with van der Waals surface area (Å²) in [6, 6.07) is 13.3. The Morgan fingerprint density at radius 3 is 2.46 bits per heavy atom. The van der Waals surface area contributed by atoms with E-state index in [1.54, 1.807) is 47.4 Å². The van der Waals surface area contributed by atoms with E-state index in [1.165, 1.54) is 6.07 Å². The van der Waals surface area contributed by atoms with Crippen LogP contribution < -0.4 is 0 Å². The number of nitrogens with zero attached hydrogens (tertiary/aromatic N) is 1. The first-order valence-corrected chi connectivity index (χ1v) is 8.04. The molecule has 24 heavy (non-hydrogen) atoms. The highest BCUT2D eigenvalue weighted by molar-refractivity contribution is 6.01. The molecule has 126 valence electrons. The number of rotatable bonds is 3. The van der Waals surface area contributed by atoms with Gasteiger partial charge in [0.2, 0.25) is 0 Å². The molecule has 0 unspecified atom stereocenters. The lowest BCUT2D eigenvalue weighted by atomic mass is 9.93. The molecule has 0 spiro atoms. The molecule has 1 aliphatic rings. The number of aliphatic hydroxyl groups is 2. The van der Waals surface area contributed by atoms with E-state index in [0.29, 0.717) is 29.7 Å². The number of hydrogen-bond donors (Lipinski definition) is 2. The highest BCUT2D eigenvalue weighted by atomic mass is 19.1. The number of carbonyl (C=O) groups is 1. The number of piperidine rings is 1. The number of halogens is 1. The molecule has 2 atom stereocenters. The van der Waals surface area contributed by atoms with Crippen molar-refractivity contribution in [2.24, 2.45) is 5.92 Å². The maximum Gasteiger partial charge on any atom is 0.254 e. The summed E-state index contributed by atoms with van der Waals surface area (Å²) in [6.07, 6.45) is -0.195. The SMILES string of the molecule is O=C(c1ccccc1-c1ccccc1F)N1CC[C@H](CO)[C@H](O)C1. The second kappa shape index (κ2) is 7.11.